The smallest absolute Gasteiger partial charge is 0.130 e. The van der Waals surface area contributed by atoms with E-state index in [0.717, 1.165) is 28.2 Å². The molecule has 2 rings (SSSR count). The highest BCUT2D eigenvalue weighted by Crippen LogP contribution is 2.38. The van der Waals surface area contributed by atoms with Gasteiger partial charge in [0, 0.05) is 11.8 Å². The predicted molar refractivity (Wildman–Crippen MR) is 71.9 cm³/mol. The zero-order valence-corrected chi connectivity index (χ0v) is 10.7. The van der Waals surface area contributed by atoms with E-state index in [4.69, 9.17) is 15.2 Å². The van der Waals surface area contributed by atoms with Gasteiger partial charge in [0.15, 0.2) is 0 Å². The third-order valence-corrected chi connectivity index (χ3v) is 2.84. The summed E-state index contributed by atoms with van der Waals surface area (Å²) in [4.78, 5) is 4.17. The van der Waals surface area contributed by atoms with E-state index in [1.54, 1.807) is 20.4 Å². The Hall–Kier alpha value is -2.23. The quantitative estimate of drug-likeness (QED) is 0.901. The van der Waals surface area contributed by atoms with Gasteiger partial charge in [0.25, 0.3) is 0 Å². The maximum atomic E-state index is 5.73. The maximum absolute atomic E-state index is 5.73. The summed E-state index contributed by atoms with van der Waals surface area (Å²) in [6, 6.07) is 7.65. The molecule has 2 N–H and O–H groups in total. The highest BCUT2D eigenvalue weighted by atomic mass is 16.5. The lowest BCUT2D eigenvalue weighted by Gasteiger charge is -2.13. The second kappa shape index (κ2) is 4.96. The molecular formula is C14H16N2O2. The number of aryl methyl sites for hydroxylation is 1. The van der Waals surface area contributed by atoms with Crippen molar-refractivity contribution in [3.8, 4) is 22.6 Å². The van der Waals surface area contributed by atoms with Crippen molar-refractivity contribution in [2.75, 3.05) is 20.0 Å². The summed E-state index contributed by atoms with van der Waals surface area (Å²) in [7, 11) is 3.27. The first-order chi connectivity index (χ1) is 8.67. The zero-order valence-electron chi connectivity index (χ0n) is 10.7. The molecule has 18 heavy (non-hydrogen) atoms. The molecule has 0 saturated heterocycles. The van der Waals surface area contributed by atoms with Crippen LogP contribution in [0.25, 0.3) is 11.1 Å². The second-order valence-electron chi connectivity index (χ2n) is 3.96. The molecule has 0 fully saturated rings. The first-order valence-electron chi connectivity index (χ1n) is 5.61. The lowest BCUT2D eigenvalue weighted by Crippen LogP contribution is -1.97. The van der Waals surface area contributed by atoms with Crippen LogP contribution in [0.5, 0.6) is 11.5 Å². The van der Waals surface area contributed by atoms with E-state index in [-0.39, 0.29) is 0 Å². The Kier molecular flexibility index (Phi) is 3.37. The van der Waals surface area contributed by atoms with Crippen LogP contribution in [-0.2, 0) is 0 Å². The molecule has 4 nitrogen and oxygen atoms in total. The molecule has 0 amide bonds. The lowest BCUT2D eigenvalue weighted by molar-refractivity contribution is 0.397. The molecule has 2 aromatic rings. The number of rotatable bonds is 3. The summed E-state index contributed by atoms with van der Waals surface area (Å²) in [6.45, 7) is 1.92. The monoisotopic (exact) mass is 244 g/mol. The number of nitrogens with zero attached hydrogens (tertiary/aromatic N) is 1. The maximum Gasteiger partial charge on any atom is 0.130 e. The van der Waals surface area contributed by atoms with Crippen molar-refractivity contribution < 1.29 is 9.47 Å². The van der Waals surface area contributed by atoms with Gasteiger partial charge in [0.05, 0.1) is 19.8 Å². The molecule has 0 radical (unpaired) electrons. The number of nitrogen functional groups attached to an aromatic ring is 1. The largest absolute Gasteiger partial charge is 0.496 e. The van der Waals surface area contributed by atoms with Gasteiger partial charge in [-0.05, 0) is 30.7 Å². The number of pyridine rings is 1. The Labute approximate surface area is 106 Å². The van der Waals surface area contributed by atoms with E-state index in [1.807, 2.05) is 31.2 Å². The molecule has 0 aliphatic rings. The molecule has 0 bridgehead atoms. The summed E-state index contributed by atoms with van der Waals surface area (Å²) in [5.41, 5.74) is 8.48. The fourth-order valence-electron chi connectivity index (χ4n) is 1.86. The third-order valence-electron chi connectivity index (χ3n) is 2.84. The normalized spacial score (nSPS) is 10.2. The Morgan fingerprint density at radius 1 is 1.11 bits per heavy atom. The molecular weight excluding hydrogens is 228 g/mol. The zero-order chi connectivity index (χ0) is 13.1. The second-order valence-corrected chi connectivity index (χ2v) is 3.96. The van der Waals surface area contributed by atoms with Gasteiger partial charge in [-0.3, -0.25) is 0 Å². The number of methoxy groups -OCH3 is 2. The molecule has 0 aliphatic carbocycles. The Bertz CT molecular complexity index is 545. The van der Waals surface area contributed by atoms with Crippen LogP contribution in [0, 0.1) is 6.92 Å². The molecule has 94 valence electrons. The molecule has 1 aromatic carbocycles. The van der Waals surface area contributed by atoms with Gasteiger partial charge in [0.1, 0.15) is 17.3 Å². The third kappa shape index (κ3) is 2.09. The van der Waals surface area contributed by atoms with E-state index in [1.165, 1.54) is 0 Å². The molecule has 1 aromatic heterocycles. The van der Waals surface area contributed by atoms with Gasteiger partial charge in [-0.1, -0.05) is 6.07 Å². The van der Waals surface area contributed by atoms with Gasteiger partial charge >= 0.3 is 0 Å². The topological polar surface area (TPSA) is 57.4 Å². The van der Waals surface area contributed by atoms with Gasteiger partial charge in [-0.15, -0.1) is 0 Å². The fourth-order valence-corrected chi connectivity index (χ4v) is 1.86. The number of ether oxygens (including phenoxy) is 2. The Morgan fingerprint density at radius 3 is 2.22 bits per heavy atom. The molecule has 0 atom stereocenters. The molecule has 1 heterocycles. The number of aromatic nitrogens is 1. The van der Waals surface area contributed by atoms with Crippen LogP contribution in [0.4, 0.5) is 5.82 Å². The van der Waals surface area contributed by atoms with E-state index in [0.29, 0.717) is 5.82 Å². The number of nitrogens with two attached hydrogens (primary N) is 1. The number of benzene rings is 1. The first kappa shape index (κ1) is 12.2. The molecule has 0 spiro atoms. The highest BCUT2D eigenvalue weighted by Gasteiger charge is 2.13. The van der Waals surface area contributed by atoms with E-state index in [9.17, 15) is 0 Å². The Morgan fingerprint density at radius 2 is 1.72 bits per heavy atom. The van der Waals surface area contributed by atoms with Crippen LogP contribution in [0.2, 0.25) is 0 Å². The molecule has 0 aliphatic heterocycles. The summed E-state index contributed by atoms with van der Waals surface area (Å²) < 4.78 is 10.7. The van der Waals surface area contributed by atoms with Crippen LogP contribution in [0.15, 0.2) is 30.5 Å². The van der Waals surface area contributed by atoms with Crippen molar-refractivity contribution >= 4 is 5.82 Å². The average molecular weight is 244 g/mol. The van der Waals surface area contributed by atoms with Gasteiger partial charge in [-0.25, -0.2) is 4.98 Å². The summed E-state index contributed by atoms with van der Waals surface area (Å²) in [5, 5.41) is 0. The van der Waals surface area contributed by atoms with Crippen molar-refractivity contribution in [3.63, 3.8) is 0 Å². The minimum absolute atomic E-state index is 0.535. The fraction of sp³-hybridized carbons (Fsp3) is 0.214. The molecule has 0 saturated carbocycles. The number of hydrogen-bond donors (Lipinski definition) is 1. The first-order valence-corrected chi connectivity index (χ1v) is 5.61. The highest BCUT2D eigenvalue weighted by molar-refractivity contribution is 5.77. The van der Waals surface area contributed by atoms with Gasteiger partial charge < -0.3 is 15.2 Å². The summed E-state index contributed by atoms with van der Waals surface area (Å²) >= 11 is 0. The van der Waals surface area contributed by atoms with Crippen LogP contribution < -0.4 is 15.2 Å². The summed E-state index contributed by atoms with van der Waals surface area (Å²) in [6.07, 6.45) is 1.72. The van der Waals surface area contributed by atoms with Crippen LogP contribution >= 0.6 is 0 Å². The van der Waals surface area contributed by atoms with Crippen LogP contribution in [0.3, 0.4) is 0 Å². The SMILES string of the molecule is COc1cccc(OC)c1-c1cnc(N)c(C)c1. The van der Waals surface area contributed by atoms with E-state index < -0.39 is 0 Å². The average Bonchev–Trinajstić information content (AvgIpc) is 2.41. The van der Waals surface area contributed by atoms with E-state index in [2.05, 4.69) is 4.98 Å². The Balaban J connectivity index is 2.64. The predicted octanol–water partition coefficient (Wildman–Crippen LogP) is 2.66. The van der Waals surface area contributed by atoms with Crippen molar-refractivity contribution in [1.29, 1.82) is 0 Å². The molecule has 0 unspecified atom stereocenters. The minimum Gasteiger partial charge on any atom is -0.496 e. The van der Waals surface area contributed by atoms with Crippen LogP contribution in [0.1, 0.15) is 5.56 Å². The molecule has 4 heteroatoms. The van der Waals surface area contributed by atoms with Crippen LogP contribution in [-0.4, -0.2) is 19.2 Å². The standard InChI is InChI=1S/C14H16N2O2/c1-9-7-10(8-16-14(9)15)13-11(17-2)5-4-6-12(13)18-3/h4-8H,1-3H3,(H2,15,16). The van der Waals surface area contributed by atoms with Crippen molar-refractivity contribution in [2.24, 2.45) is 0 Å². The number of anilines is 1. The van der Waals surface area contributed by atoms with Crippen molar-refractivity contribution in [3.05, 3.63) is 36.0 Å². The van der Waals surface area contributed by atoms with E-state index >= 15 is 0 Å². The summed E-state index contributed by atoms with van der Waals surface area (Å²) in [5.74, 6) is 2.04. The van der Waals surface area contributed by atoms with Crippen molar-refractivity contribution in [1.82, 2.24) is 4.98 Å². The lowest BCUT2D eigenvalue weighted by atomic mass is 10.0. The van der Waals surface area contributed by atoms with Gasteiger partial charge in [-0.2, -0.15) is 0 Å². The van der Waals surface area contributed by atoms with Crippen molar-refractivity contribution in [2.45, 2.75) is 6.92 Å². The number of hydrogen-bond acceptors (Lipinski definition) is 4. The minimum atomic E-state index is 0.535. The van der Waals surface area contributed by atoms with Gasteiger partial charge in [0.2, 0.25) is 0 Å².